The first kappa shape index (κ1) is 25.8. The number of urea groups is 1. The topological polar surface area (TPSA) is 126 Å². The Balaban J connectivity index is 1.23. The average molecular weight is 537 g/mol. The van der Waals surface area contributed by atoms with E-state index in [9.17, 15) is 13.8 Å². The lowest BCUT2D eigenvalue weighted by Crippen LogP contribution is -2.41. The van der Waals surface area contributed by atoms with Gasteiger partial charge in [-0.1, -0.05) is 0 Å². The monoisotopic (exact) mass is 536 g/mol. The van der Waals surface area contributed by atoms with Gasteiger partial charge in [0, 0.05) is 54.7 Å². The van der Waals surface area contributed by atoms with Gasteiger partial charge in [-0.3, -0.25) is 9.00 Å². The molecule has 2 aliphatic rings. The summed E-state index contributed by atoms with van der Waals surface area (Å²) in [5.41, 5.74) is 2.73. The zero-order chi connectivity index (χ0) is 26.5. The SMILES string of the molecule is CS(=O)c1cnc(-c2ccc(NC(=O)Nc3ccc(N4CCOCC4=O)cc3)cc2)nc1N1CCOCC1. The third-order valence-corrected chi connectivity index (χ3v) is 7.09. The molecule has 12 heteroatoms. The van der Waals surface area contributed by atoms with Crippen molar-refractivity contribution in [3.63, 3.8) is 0 Å². The van der Waals surface area contributed by atoms with Gasteiger partial charge in [0.25, 0.3) is 5.91 Å². The predicted octanol–water partition coefficient (Wildman–Crippen LogP) is 2.72. The van der Waals surface area contributed by atoms with Crippen molar-refractivity contribution in [3.8, 4) is 11.4 Å². The van der Waals surface area contributed by atoms with Gasteiger partial charge in [-0.2, -0.15) is 0 Å². The van der Waals surface area contributed by atoms with Crippen LogP contribution in [0.15, 0.2) is 59.6 Å². The summed E-state index contributed by atoms with van der Waals surface area (Å²) in [6.45, 7) is 3.61. The van der Waals surface area contributed by atoms with E-state index in [4.69, 9.17) is 14.5 Å². The molecule has 2 aliphatic heterocycles. The summed E-state index contributed by atoms with van der Waals surface area (Å²) in [7, 11) is -1.22. The fraction of sp³-hybridized carbons (Fsp3) is 0.308. The number of anilines is 4. The highest BCUT2D eigenvalue weighted by atomic mass is 32.2. The molecular weight excluding hydrogens is 508 g/mol. The fourth-order valence-electron chi connectivity index (χ4n) is 4.22. The molecule has 0 spiro atoms. The number of morpholine rings is 2. The largest absolute Gasteiger partial charge is 0.378 e. The number of amides is 3. The molecule has 2 saturated heterocycles. The van der Waals surface area contributed by atoms with E-state index < -0.39 is 16.8 Å². The molecule has 5 rings (SSSR count). The summed E-state index contributed by atoms with van der Waals surface area (Å²) in [5, 5.41) is 5.60. The van der Waals surface area contributed by atoms with Crippen molar-refractivity contribution < 1.29 is 23.3 Å². The first-order valence-electron chi connectivity index (χ1n) is 12.2. The fourth-order valence-corrected chi connectivity index (χ4v) is 4.85. The normalized spacial score (nSPS) is 16.7. The average Bonchev–Trinajstić information content (AvgIpc) is 2.94. The molecule has 2 aromatic carbocycles. The van der Waals surface area contributed by atoms with Gasteiger partial charge in [0.05, 0.1) is 35.5 Å². The Kier molecular flexibility index (Phi) is 7.91. The van der Waals surface area contributed by atoms with Gasteiger partial charge in [-0.15, -0.1) is 0 Å². The van der Waals surface area contributed by atoms with Gasteiger partial charge >= 0.3 is 6.03 Å². The minimum atomic E-state index is -1.22. The highest BCUT2D eigenvalue weighted by molar-refractivity contribution is 7.84. The van der Waals surface area contributed by atoms with Crippen molar-refractivity contribution in [2.24, 2.45) is 0 Å². The van der Waals surface area contributed by atoms with Gasteiger partial charge < -0.3 is 29.9 Å². The summed E-state index contributed by atoms with van der Waals surface area (Å²) in [6, 6.07) is 13.9. The van der Waals surface area contributed by atoms with Crippen LogP contribution < -0.4 is 20.4 Å². The minimum Gasteiger partial charge on any atom is -0.378 e. The summed E-state index contributed by atoms with van der Waals surface area (Å²) in [6.07, 6.45) is 3.23. The summed E-state index contributed by atoms with van der Waals surface area (Å²) < 4.78 is 22.8. The Morgan fingerprint density at radius 2 is 1.55 bits per heavy atom. The van der Waals surface area contributed by atoms with Crippen molar-refractivity contribution in [1.29, 1.82) is 0 Å². The van der Waals surface area contributed by atoms with Crippen LogP contribution in [0.4, 0.5) is 27.7 Å². The van der Waals surface area contributed by atoms with Crippen molar-refractivity contribution in [3.05, 3.63) is 54.7 Å². The van der Waals surface area contributed by atoms with Crippen molar-refractivity contribution in [1.82, 2.24) is 9.97 Å². The molecule has 0 aliphatic carbocycles. The van der Waals surface area contributed by atoms with E-state index in [1.165, 1.54) is 0 Å². The van der Waals surface area contributed by atoms with Crippen LogP contribution in [0.2, 0.25) is 0 Å². The molecule has 11 nitrogen and oxygen atoms in total. The summed E-state index contributed by atoms with van der Waals surface area (Å²) in [4.78, 5) is 38.0. The van der Waals surface area contributed by atoms with E-state index in [0.717, 1.165) is 11.3 Å². The second kappa shape index (κ2) is 11.7. The van der Waals surface area contributed by atoms with Crippen LogP contribution in [0.1, 0.15) is 0 Å². The van der Waals surface area contributed by atoms with E-state index in [0.29, 0.717) is 67.4 Å². The number of hydrogen-bond donors (Lipinski definition) is 2. The molecule has 3 heterocycles. The van der Waals surface area contributed by atoms with E-state index in [2.05, 4.69) is 20.5 Å². The lowest BCUT2D eigenvalue weighted by atomic mass is 10.2. The number of ether oxygens (including phenoxy) is 2. The molecule has 3 aromatic rings. The number of rotatable bonds is 6. The molecule has 38 heavy (non-hydrogen) atoms. The van der Waals surface area contributed by atoms with E-state index in [1.54, 1.807) is 53.8 Å². The minimum absolute atomic E-state index is 0.0767. The van der Waals surface area contributed by atoms with E-state index >= 15 is 0 Å². The molecule has 2 N–H and O–H groups in total. The van der Waals surface area contributed by atoms with Crippen LogP contribution in [0, 0.1) is 0 Å². The molecule has 0 radical (unpaired) electrons. The van der Waals surface area contributed by atoms with Crippen LogP contribution in [-0.4, -0.2) is 78.4 Å². The van der Waals surface area contributed by atoms with Gasteiger partial charge in [-0.05, 0) is 48.5 Å². The Hall–Kier alpha value is -3.87. The Bertz CT molecular complexity index is 1330. The lowest BCUT2D eigenvalue weighted by Gasteiger charge is -2.29. The second-order valence-electron chi connectivity index (χ2n) is 8.74. The van der Waals surface area contributed by atoms with Crippen LogP contribution in [-0.2, 0) is 25.1 Å². The summed E-state index contributed by atoms with van der Waals surface area (Å²) >= 11 is 0. The van der Waals surface area contributed by atoms with Crippen LogP contribution in [0.5, 0.6) is 0 Å². The number of benzene rings is 2. The Morgan fingerprint density at radius 1 is 0.921 bits per heavy atom. The molecule has 3 amide bonds. The first-order chi connectivity index (χ1) is 18.5. The third kappa shape index (κ3) is 5.98. The maximum atomic E-state index is 12.5. The smallest absolute Gasteiger partial charge is 0.323 e. The number of nitrogens with zero attached hydrogens (tertiary/aromatic N) is 4. The molecule has 0 bridgehead atoms. The van der Waals surface area contributed by atoms with Gasteiger partial charge in [0.1, 0.15) is 12.4 Å². The zero-order valence-electron chi connectivity index (χ0n) is 20.9. The quantitative estimate of drug-likeness (QED) is 0.493. The maximum Gasteiger partial charge on any atom is 0.323 e. The number of carbonyl (C=O) groups excluding carboxylic acids is 2. The number of aromatic nitrogens is 2. The Labute approximate surface area is 222 Å². The summed E-state index contributed by atoms with van der Waals surface area (Å²) in [5.74, 6) is 1.08. The predicted molar refractivity (Wildman–Crippen MR) is 145 cm³/mol. The van der Waals surface area contributed by atoms with E-state index in [-0.39, 0.29) is 12.5 Å². The molecule has 1 atom stereocenters. The van der Waals surface area contributed by atoms with E-state index in [1.807, 2.05) is 12.1 Å². The van der Waals surface area contributed by atoms with Crippen molar-refractivity contribution >= 4 is 45.6 Å². The van der Waals surface area contributed by atoms with Crippen LogP contribution in [0.3, 0.4) is 0 Å². The van der Waals surface area contributed by atoms with Gasteiger partial charge in [-0.25, -0.2) is 14.8 Å². The number of carbonyl (C=O) groups is 2. The number of hydrogen-bond acceptors (Lipinski definition) is 8. The molecular formula is C26H28N6O5S. The highest BCUT2D eigenvalue weighted by Crippen LogP contribution is 2.26. The second-order valence-corrected chi connectivity index (χ2v) is 10.1. The maximum absolute atomic E-state index is 12.5. The van der Waals surface area contributed by atoms with Gasteiger partial charge in [0.2, 0.25) is 0 Å². The van der Waals surface area contributed by atoms with Crippen LogP contribution >= 0.6 is 0 Å². The van der Waals surface area contributed by atoms with Crippen molar-refractivity contribution in [2.75, 3.05) is 72.8 Å². The molecule has 2 fully saturated rings. The highest BCUT2D eigenvalue weighted by Gasteiger charge is 2.21. The molecule has 1 aromatic heterocycles. The van der Waals surface area contributed by atoms with Gasteiger partial charge in [0.15, 0.2) is 5.82 Å². The third-order valence-electron chi connectivity index (χ3n) is 6.18. The first-order valence-corrected chi connectivity index (χ1v) is 13.7. The van der Waals surface area contributed by atoms with Crippen molar-refractivity contribution in [2.45, 2.75) is 4.90 Å². The molecule has 0 saturated carbocycles. The number of nitrogens with one attached hydrogen (secondary N) is 2. The molecule has 198 valence electrons. The Morgan fingerprint density at radius 3 is 2.18 bits per heavy atom. The van der Waals surface area contributed by atoms with Crippen LogP contribution in [0.25, 0.3) is 11.4 Å². The standard InChI is InChI=1S/C26H28N6O5S/c1-38(35)22-16-27-24(30-25(22)31-10-13-36-14-11-31)18-2-4-19(5-3-18)28-26(34)29-20-6-8-21(9-7-20)32-12-15-37-17-23(32)33/h2-9,16H,10-15,17H2,1H3,(H2,28,29,34). The zero-order valence-corrected chi connectivity index (χ0v) is 21.7. The molecule has 1 unspecified atom stereocenters. The lowest BCUT2D eigenvalue weighted by molar-refractivity contribution is -0.125.